The monoisotopic (exact) mass is 361 g/mol. The average molecular weight is 361 g/mol. The lowest BCUT2D eigenvalue weighted by Crippen LogP contribution is -2.21. The highest BCUT2D eigenvalue weighted by Gasteiger charge is 2.17. The van der Waals surface area contributed by atoms with Crippen LogP contribution in [0.25, 0.3) is 11.0 Å². The molecule has 25 heavy (non-hydrogen) atoms. The van der Waals surface area contributed by atoms with E-state index in [1.807, 2.05) is 0 Å². The van der Waals surface area contributed by atoms with E-state index in [9.17, 15) is 17.6 Å². The average Bonchev–Trinajstić information content (AvgIpc) is 2.85. The summed E-state index contributed by atoms with van der Waals surface area (Å²) in [5, 5.41) is 2.66. The number of nitrogens with one attached hydrogen (secondary N) is 1. The maximum atomic E-state index is 12.9. The van der Waals surface area contributed by atoms with Crippen LogP contribution in [0.15, 0.2) is 48.5 Å². The minimum Gasteiger partial charge on any atom is -0.325 e. The van der Waals surface area contributed by atoms with Crippen molar-refractivity contribution in [1.82, 2.24) is 9.55 Å². The maximum Gasteiger partial charge on any atom is 0.244 e. The Balaban J connectivity index is 1.89. The fraction of sp³-hybridized carbons (Fsp3) is 0.176. The molecule has 0 aliphatic carbocycles. The molecule has 1 N–H and O–H groups in total. The lowest BCUT2D eigenvalue weighted by Gasteiger charge is -2.10. The minimum atomic E-state index is -3.30. The number of rotatable bonds is 5. The molecular weight excluding hydrogens is 345 g/mol. The Morgan fingerprint density at radius 3 is 2.52 bits per heavy atom. The number of halogens is 1. The van der Waals surface area contributed by atoms with Crippen LogP contribution < -0.4 is 5.32 Å². The van der Waals surface area contributed by atoms with Crippen molar-refractivity contribution >= 4 is 32.5 Å². The molecule has 8 heteroatoms. The van der Waals surface area contributed by atoms with Crippen LogP contribution in [0.5, 0.6) is 0 Å². The molecule has 130 valence electrons. The summed E-state index contributed by atoms with van der Waals surface area (Å²) in [4.78, 5) is 16.6. The second-order valence-corrected chi connectivity index (χ2v) is 7.87. The second kappa shape index (κ2) is 6.64. The van der Waals surface area contributed by atoms with Gasteiger partial charge in [0, 0.05) is 11.9 Å². The summed E-state index contributed by atoms with van der Waals surface area (Å²) in [7, 11) is -3.30. The summed E-state index contributed by atoms with van der Waals surface area (Å²) < 4.78 is 37.8. The number of sulfone groups is 1. The molecule has 1 aromatic heterocycles. The molecule has 0 aliphatic rings. The van der Waals surface area contributed by atoms with Crippen molar-refractivity contribution in [2.45, 2.75) is 12.3 Å². The standard InChI is InChI=1S/C17H16FN3O3S/c1-25(23,24)11-16-20-14-4-2-3-5-15(14)21(16)10-17(22)19-13-8-6-12(18)7-9-13/h2-9H,10-11H2,1H3,(H,19,22). The van der Waals surface area contributed by atoms with Crippen molar-refractivity contribution in [2.75, 3.05) is 11.6 Å². The molecule has 0 fully saturated rings. The predicted octanol–water partition coefficient (Wildman–Crippen LogP) is 2.36. The van der Waals surface area contributed by atoms with Crippen LogP contribution in [0.2, 0.25) is 0 Å². The minimum absolute atomic E-state index is 0.0945. The fourth-order valence-corrected chi connectivity index (χ4v) is 3.21. The van der Waals surface area contributed by atoms with Crippen molar-refractivity contribution < 1.29 is 17.6 Å². The zero-order valence-electron chi connectivity index (χ0n) is 13.4. The van der Waals surface area contributed by atoms with Gasteiger partial charge in [-0.05, 0) is 36.4 Å². The third-order valence-electron chi connectivity index (χ3n) is 3.55. The topological polar surface area (TPSA) is 81.1 Å². The first-order valence-electron chi connectivity index (χ1n) is 7.49. The van der Waals surface area contributed by atoms with Crippen LogP contribution in [0.4, 0.5) is 10.1 Å². The fourth-order valence-electron chi connectivity index (χ4n) is 2.52. The summed E-state index contributed by atoms with van der Waals surface area (Å²) in [6, 6.07) is 12.5. The van der Waals surface area contributed by atoms with E-state index >= 15 is 0 Å². The SMILES string of the molecule is CS(=O)(=O)Cc1nc2ccccc2n1CC(=O)Nc1ccc(F)cc1. The molecule has 0 unspecified atom stereocenters. The van der Waals surface area contributed by atoms with Gasteiger partial charge in [0.05, 0.1) is 11.0 Å². The number of fused-ring (bicyclic) bond motifs is 1. The van der Waals surface area contributed by atoms with E-state index in [1.165, 1.54) is 24.3 Å². The summed E-state index contributed by atoms with van der Waals surface area (Å²) >= 11 is 0. The van der Waals surface area contributed by atoms with E-state index in [4.69, 9.17) is 0 Å². The van der Waals surface area contributed by atoms with Gasteiger partial charge < -0.3 is 9.88 Å². The lowest BCUT2D eigenvalue weighted by atomic mass is 10.3. The quantitative estimate of drug-likeness (QED) is 0.756. The third kappa shape index (κ3) is 4.21. The van der Waals surface area contributed by atoms with Crippen LogP contribution >= 0.6 is 0 Å². The first-order valence-corrected chi connectivity index (χ1v) is 9.55. The molecule has 3 aromatic rings. The van der Waals surface area contributed by atoms with Gasteiger partial charge >= 0.3 is 0 Å². The molecule has 1 heterocycles. The molecule has 0 bridgehead atoms. The van der Waals surface area contributed by atoms with Gasteiger partial charge in [-0.1, -0.05) is 12.1 Å². The number of benzene rings is 2. The number of aromatic nitrogens is 2. The normalized spacial score (nSPS) is 11.6. The predicted molar refractivity (Wildman–Crippen MR) is 93.3 cm³/mol. The Labute approximate surface area is 144 Å². The first-order chi connectivity index (χ1) is 11.8. The number of imidazole rings is 1. The van der Waals surface area contributed by atoms with Crippen molar-refractivity contribution in [3.8, 4) is 0 Å². The molecule has 6 nitrogen and oxygen atoms in total. The number of amides is 1. The van der Waals surface area contributed by atoms with E-state index in [1.54, 1.807) is 28.8 Å². The molecular formula is C17H16FN3O3S. The van der Waals surface area contributed by atoms with Crippen LogP contribution in [-0.4, -0.2) is 30.1 Å². The first kappa shape index (κ1) is 17.1. The Kier molecular flexibility index (Phi) is 4.54. The second-order valence-electron chi connectivity index (χ2n) is 5.73. The molecule has 0 radical (unpaired) electrons. The van der Waals surface area contributed by atoms with E-state index in [0.717, 1.165) is 6.26 Å². The highest BCUT2D eigenvalue weighted by atomic mass is 32.2. The van der Waals surface area contributed by atoms with Gasteiger partial charge in [-0.3, -0.25) is 4.79 Å². The van der Waals surface area contributed by atoms with E-state index in [-0.39, 0.29) is 18.2 Å². The molecule has 0 aliphatic heterocycles. The number of anilines is 1. The van der Waals surface area contributed by atoms with Crippen LogP contribution in [0.3, 0.4) is 0 Å². The van der Waals surface area contributed by atoms with Crippen LogP contribution in [-0.2, 0) is 26.9 Å². The van der Waals surface area contributed by atoms with Crippen molar-refractivity contribution in [2.24, 2.45) is 0 Å². The smallest absolute Gasteiger partial charge is 0.244 e. The van der Waals surface area contributed by atoms with Gasteiger partial charge in [0.2, 0.25) is 5.91 Å². The molecule has 2 aromatic carbocycles. The Hall–Kier alpha value is -2.74. The van der Waals surface area contributed by atoms with Crippen LogP contribution in [0.1, 0.15) is 5.82 Å². The van der Waals surface area contributed by atoms with E-state index < -0.39 is 15.7 Å². The highest BCUT2D eigenvalue weighted by molar-refractivity contribution is 7.89. The number of hydrogen-bond acceptors (Lipinski definition) is 4. The number of nitrogens with zero attached hydrogens (tertiary/aromatic N) is 2. The lowest BCUT2D eigenvalue weighted by molar-refractivity contribution is -0.116. The van der Waals surface area contributed by atoms with Crippen LogP contribution in [0, 0.1) is 5.82 Å². The number of hydrogen-bond donors (Lipinski definition) is 1. The zero-order valence-corrected chi connectivity index (χ0v) is 14.3. The summed E-state index contributed by atoms with van der Waals surface area (Å²) in [5.74, 6) is -0.706. The van der Waals surface area contributed by atoms with E-state index in [0.29, 0.717) is 22.5 Å². The van der Waals surface area contributed by atoms with E-state index in [2.05, 4.69) is 10.3 Å². The van der Waals surface area contributed by atoms with Crippen molar-refractivity contribution in [3.63, 3.8) is 0 Å². The van der Waals surface area contributed by atoms with Gasteiger partial charge in [-0.2, -0.15) is 0 Å². The number of carbonyl (C=O) groups is 1. The van der Waals surface area contributed by atoms with Gasteiger partial charge in [0.25, 0.3) is 0 Å². The molecule has 3 rings (SSSR count). The van der Waals surface area contributed by atoms with Gasteiger partial charge in [-0.25, -0.2) is 17.8 Å². The number of para-hydroxylation sites is 2. The molecule has 0 saturated carbocycles. The maximum absolute atomic E-state index is 12.9. The number of carbonyl (C=O) groups excluding carboxylic acids is 1. The third-order valence-corrected chi connectivity index (χ3v) is 4.34. The highest BCUT2D eigenvalue weighted by Crippen LogP contribution is 2.18. The van der Waals surface area contributed by atoms with Crippen molar-refractivity contribution in [3.05, 3.63) is 60.2 Å². The van der Waals surface area contributed by atoms with Gasteiger partial charge in [-0.15, -0.1) is 0 Å². The molecule has 0 atom stereocenters. The molecule has 0 saturated heterocycles. The summed E-state index contributed by atoms with van der Waals surface area (Å²) in [6.07, 6.45) is 1.12. The van der Waals surface area contributed by atoms with Crippen molar-refractivity contribution in [1.29, 1.82) is 0 Å². The summed E-state index contributed by atoms with van der Waals surface area (Å²) in [6.45, 7) is -0.0945. The Bertz CT molecular complexity index is 1030. The molecule has 0 spiro atoms. The largest absolute Gasteiger partial charge is 0.325 e. The Morgan fingerprint density at radius 2 is 1.84 bits per heavy atom. The Morgan fingerprint density at radius 1 is 1.16 bits per heavy atom. The summed E-state index contributed by atoms with van der Waals surface area (Å²) in [5.41, 5.74) is 1.76. The van der Waals surface area contributed by atoms with Gasteiger partial charge in [0.15, 0.2) is 9.84 Å². The zero-order chi connectivity index (χ0) is 18.0. The van der Waals surface area contributed by atoms with Gasteiger partial charge in [0.1, 0.15) is 23.9 Å². The molecule has 1 amide bonds.